The average Bonchev–Trinajstić information content (AvgIpc) is 2.48. The Labute approximate surface area is 114 Å². The Bertz CT molecular complexity index is 400. The van der Waals surface area contributed by atoms with Crippen molar-refractivity contribution in [2.75, 3.05) is 40.4 Å². The van der Waals surface area contributed by atoms with Crippen molar-refractivity contribution in [1.29, 1.82) is 0 Å². The molecule has 106 valence electrons. The standard InChI is InChI=1S/C14H23N3O2/c1-4-17-5-6-19-13(10-17)14(15-2)11-7-12(18-3)9-16-8-11/h7-9,13-15H,4-6,10H2,1-3H3. The minimum atomic E-state index is 0.136. The molecule has 0 aromatic carbocycles. The van der Waals surface area contributed by atoms with Gasteiger partial charge in [0.05, 0.1) is 32.1 Å². The molecule has 0 saturated carbocycles. The maximum Gasteiger partial charge on any atom is 0.137 e. The van der Waals surface area contributed by atoms with E-state index in [1.165, 1.54) is 0 Å². The van der Waals surface area contributed by atoms with Gasteiger partial charge in [-0.2, -0.15) is 0 Å². The molecule has 2 atom stereocenters. The Morgan fingerprint density at radius 2 is 2.42 bits per heavy atom. The third-order valence-corrected chi connectivity index (χ3v) is 3.64. The first-order chi connectivity index (χ1) is 9.28. The molecule has 1 aromatic heterocycles. The molecule has 5 heteroatoms. The second-order valence-corrected chi connectivity index (χ2v) is 4.73. The van der Waals surface area contributed by atoms with Crippen LogP contribution in [0.5, 0.6) is 5.75 Å². The van der Waals surface area contributed by atoms with Crippen LogP contribution < -0.4 is 10.1 Å². The first-order valence-corrected chi connectivity index (χ1v) is 6.78. The number of ether oxygens (including phenoxy) is 2. The molecule has 19 heavy (non-hydrogen) atoms. The van der Waals surface area contributed by atoms with E-state index in [0.717, 1.165) is 37.6 Å². The van der Waals surface area contributed by atoms with E-state index in [1.807, 2.05) is 19.3 Å². The molecule has 0 radical (unpaired) electrons. The van der Waals surface area contributed by atoms with Crippen molar-refractivity contribution >= 4 is 0 Å². The first kappa shape index (κ1) is 14.2. The lowest BCUT2D eigenvalue weighted by molar-refractivity contribution is -0.0445. The highest BCUT2D eigenvalue weighted by molar-refractivity contribution is 5.26. The summed E-state index contributed by atoms with van der Waals surface area (Å²) in [6.45, 7) is 5.99. The summed E-state index contributed by atoms with van der Waals surface area (Å²) >= 11 is 0. The second-order valence-electron chi connectivity index (χ2n) is 4.73. The van der Waals surface area contributed by atoms with Gasteiger partial charge in [0.25, 0.3) is 0 Å². The Hall–Kier alpha value is -1.17. The van der Waals surface area contributed by atoms with Gasteiger partial charge in [-0.3, -0.25) is 9.88 Å². The highest BCUT2D eigenvalue weighted by Crippen LogP contribution is 2.24. The summed E-state index contributed by atoms with van der Waals surface area (Å²) in [5.41, 5.74) is 1.10. The molecule has 1 aliphatic heterocycles. The molecule has 1 aliphatic rings. The molecular weight excluding hydrogens is 242 g/mol. The van der Waals surface area contributed by atoms with Crippen LogP contribution in [0.2, 0.25) is 0 Å². The monoisotopic (exact) mass is 265 g/mol. The van der Waals surface area contributed by atoms with Gasteiger partial charge in [-0.25, -0.2) is 0 Å². The lowest BCUT2D eigenvalue weighted by Gasteiger charge is -2.36. The molecule has 0 bridgehead atoms. The van der Waals surface area contributed by atoms with Crippen LogP contribution in [0.3, 0.4) is 0 Å². The number of aromatic nitrogens is 1. The molecule has 2 rings (SSSR count). The number of hydrogen-bond acceptors (Lipinski definition) is 5. The number of nitrogens with one attached hydrogen (secondary N) is 1. The van der Waals surface area contributed by atoms with Gasteiger partial charge in [0, 0.05) is 19.3 Å². The fourth-order valence-electron chi connectivity index (χ4n) is 2.51. The van der Waals surface area contributed by atoms with Gasteiger partial charge in [0.15, 0.2) is 0 Å². The minimum absolute atomic E-state index is 0.136. The molecule has 5 nitrogen and oxygen atoms in total. The zero-order valence-corrected chi connectivity index (χ0v) is 11.9. The molecule has 2 heterocycles. The summed E-state index contributed by atoms with van der Waals surface area (Å²) in [6, 6.07) is 2.15. The van der Waals surface area contributed by atoms with Gasteiger partial charge in [-0.15, -0.1) is 0 Å². The topological polar surface area (TPSA) is 46.6 Å². The van der Waals surface area contributed by atoms with E-state index in [1.54, 1.807) is 13.3 Å². The number of rotatable bonds is 5. The van der Waals surface area contributed by atoms with Gasteiger partial charge < -0.3 is 14.8 Å². The van der Waals surface area contributed by atoms with E-state index in [9.17, 15) is 0 Å². The maximum absolute atomic E-state index is 5.92. The lowest BCUT2D eigenvalue weighted by atomic mass is 10.0. The Morgan fingerprint density at radius 3 is 3.11 bits per heavy atom. The predicted octanol–water partition coefficient (Wildman–Crippen LogP) is 1.07. The van der Waals surface area contributed by atoms with E-state index >= 15 is 0 Å². The number of hydrogen-bond donors (Lipinski definition) is 1. The van der Waals surface area contributed by atoms with Gasteiger partial charge >= 0.3 is 0 Å². The number of nitrogens with zero attached hydrogens (tertiary/aromatic N) is 2. The minimum Gasteiger partial charge on any atom is -0.495 e. The van der Waals surface area contributed by atoms with E-state index in [-0.39, 0.29) is 12.1 Å². The molecule has 1 N–H and O–H groups in total. The van der Waals surface area contributed by atoms with Crippen LogP contribution in [-0.2, 0) is 4.74 Å². The van der Waals surface area contributed by atoms with Crippen LogP contribution in [0.1, 0.15) is 18.5 Å². The van der Waals surface area contributed by atoms with Crippen LogP contribution >= 0.6 is 0 Å². The molecule has 1 aromatic rings. The average molecular weight is 265 g/mol. The van der Waals surface area contributed by atoms with Crippen LogP contribution in [-0.4, -0.2) is 56.4 Å². The smallest absolute Gasteiger partial charge is 0.137 e. The number of pyridine rings is 1. The highest BCUT2D eigenvalue weighted by atomic mass is 16.5. The SMILES string of the molecule is CCN1CCOC(C(NC)c2cncc(OC)c2)C1. The van der Waals surface area contributed by atoms with Gasteiger partial charge in [0.1, 0.15) is 5.75 Å². The summed E-state index contributed by atoms with van der Waals surface area (Å²) in [5, 5.41) is 3.34. The second kappa shape index (κ2) is 6.84. The van der Waals surface area contributed by atoms with E-state index < -0.39 is 0 Å². The summed E-state index contributed by atoms with van der Waals surface area (Å²) in [5.74, 6) is 0.779. The van der Waals surface area contributed by atoms with Crippen molar-refractivity contribution in [2.45, 2.75) is 19.1 Å². The molecule has 0 amide bonds. The number of methoxy groups -OCH3 is 1. The lowest BCUT2D eigenvalue weighted by Crippen LogP contribution is -2.47. The van der Waals surface area contributed by atoms with E-state index in [2.05, 4.69) is 22.1 Å². The summed E-state index contributed by atoms with van der Waals surface area (Å²) in [7, 11) is 3.61. The van der Waals surface area contributed by atoms with Crippen LogP contribution in [0, 0.1) is 0 Å². The van der Waals surface area contributed by atoms with Crippen molar-refractivity contribution in [3.8, 4) is 5.75 Å². The number of likely N-dealkylation sites (N-methyl/N-ethyl adjacent to an activating group) is 2. The normalized spacial score (nSPS) is 22.2. The zero-order valence-electron chi connectivity index (χ0n) is 11.9. The third-order valence-electron chi connectivity index (χ3n) is 3.64. The molecule has 2 unspecified atom stereocenters. The van der Waals surface area contributed by atoms with Crippen molar-refractivity contribution in [2.24, 2.45) is 0 Å². The van der Waals surface area contributed by atoms with Crippen LogP contribution in [0.25, 0.3) is 0 Å². The predicted molar refractivity (Wildman–Crippen MR) is 74.4 cm³/mol. The largest absolute Gasteiger partial charge is 0.495 e. The molecular formula is C14H23N3O2. The summed E-state index contributed by atoms with van der Waals surface area (Å²) < 4.78 is 11.2. The Kier molecular flexibility index (Phi) is 5.13. The van der Waals surface area contributed by atoms with Gasteiger partial charge in [-0.1, -0.05) is 6.92 Å². The maximum atomic E-state index is 5.92. The number of morpholine rings is 1. The summed E-state index contributed by atoms with van der Waals surface area (Å²) in [4.78, 5) is 6.63. The van der Waals surface area contributed by atoms with Gasteiger partial charge in [-0.05, 0) is 25.2 Å². The third kappa shape index (κ3) is 3.43. The Morgan fingerprint density at radius 1 is 1.58 bits per heavy atom. The molecule has 0 aliphatic carbocycles. The van der Waals surface area contributed by atoms with Gasteiger partial charge in [0.2, 0.25) is 0 Å². The van der Waals surface area contributed by atoms with Crippen molar-refractivity contribution in [3.05, 3.63) is 24.0 Å². The van der Waals surface area contributed by atoms with E-state index in [4.69, 9.17) is 9.47 Å². The van der Waals surface area contributed by atoms with Crippen LogP contribution in [0.15, 0.2) is 18.5 Å². The fraction of sp³-hybridized carbons (Fsp3) is 0.643. The zero-order chi connectivity index (χ0) is 13.7. The Balaban J connectivity index is 2.13. The van der Waals surface area contributed by atoms with Crippen molar-refractivity contribution in [3.63, 3.8) is 0 Å². The fourth-order valence-corrected chi connectivity index (χ4v) is 2.51. The molecule has 0 spiro atoms. The van der Waals surface area contributed by atoms with Crippen molar-refractivity contribution < 1.29 is 9.47 Å². The first-order valence-electron chi connectivity index (χ1n) is 6.78. The molecule has 1 saturated heterocycles. The van der Waals surface area contributed by atoms with Crippen LogP contribution in [0.4, 0.5) is 0 Å². The summed E-state index contributed by atoms with van der Waals surface area (Å²) in [6.07, 6.45) is 3.74. The van der Waals surface area contributed by atoms with Crippen molar-refractivity contribution in [1.82, 2.24) is 15.2 Å². The quantitative estimate of drug-likeness (QED) is 0.863. The molecule has 1 fully saturated rings. The van der Waals surface area contributed by atoms with E-state index in [0.29, 0.717) is 0 Å². The highest BCUT2D eigenvalue weighted by Gasteiger charge is 2.28.